The molecule has 0 aliphatic heterocycles. The summed E-state index contributed by atoms with van der Waals surface area (Å²) in [6.45, 7) is 2.63. The Morgan fingerprint density at radius 1 is 1.65 bits per heavy atom. The van der Waals surface area contributed by atoms with Crippen molar-refractivity contribution in [3.8, 4) is 0 Å². The number of carbonyl (C=O) groups is 1. The monoisotopic (exact) mass is 250 g/mol. The first-order chi connectivity index (χ1) is 8.22. The van der Waals surface area contributed by atoms with Gasteiger partial charge in [0.1, 0.15) is 11.4 Å². The van der Waals surface area contributed by atoms with Crippen molar-refractivity contribution in [3.63, 3.8) is 0 Å². The van der Waals surface area contributed by atoms with Gasteiger partial charge in [0, 0.05) is 4.88 Å². The number of carbonyl (C=O) groups excluding carboxylic acids is 1. The Labute approximate surface area is 103 Å². The van der Waals surface area contributed by atoms with E-state index in [0.29, 0.717) is 17.9 Å². The first-order valence-corrected chi connectivity index (χ1v) is 6.22. The summed E-state index contributed by atoms with van der Waals surface area (Å²) < 4.78 is 0. The van der Waals surface area contributed by atoms with Gasteiger partial charge < -0.3 is 11.1 Å². The van der Waals surface area contributed by atoms with Crippen LogP contribution in [0.15, 0.2) is 17.6 Å². The highest BCUT2D eigenvalue weighted by Gasteiger charge is 2.12. The van der Waals surface area contributed by atoms with E-state index in [2.05, 4.69) is 28.5 Å². The highest BCUT2D eigenvalue weighted by Crippen LogP contribution is 2.17. The predicted molar refractivity (Wildman–Crippen MR) is 67.9 cm³/mol. The maximum absolute atomic E-state index is 11.8. The summed E-state index contributed by atoms with van der Waals surface area (Å²) >= 11 is 1.65. The van der Waals surface area contributed by atoms with Crippen LogP contribution in [0.4, 0.5) is 5.82 Å². The third-order valence-electron chi connectivity index (χ3n) is 2.54. The number of hydrogen-bond acceptors (Lipinski definition) is 4. The Bertz CT molecular complexity index is 517. The quantitative estimate of drug-likeness (QED) is 0.769. The van der Waals surface area contributed by atoms with Crippen molar-refractivity contribution in [2.24, 2.45) is 0 Å². The molecule has 0 aromatic carbocycles. The van der Waals surface area contributed by atoms with Crippen LogP contribution in [0.25, 0.3) is 0 Å². The molecule has 90 valence electrons. The minimum Gasteiger partial charge on any atom is -0.383 e. The molecule has 0 aliphatic carbocycles. The van der Waals surface area contributed by atoms with Crippen LogP contribution in [0.5, 0.6) is 0 Å². The van der Waals surface area contributed by atoms with E-state index in [1.807, 2.05) is 5.38 Å². The van der Waals surface area contributed by atoms with Gasteiger partial charge in [0.2, 0.25) is 0 Å². The molecule has 0 atom stereocenters. The summed E-state index contributed by atoms with van der Waals surface area (Å²) in [5, 5.41) is 11.1. The molecule has 0 radical (unpaired) electrons. The summed E-state index contributed by atoms with van der Waals surface area (Å²) in [6, 6.07) is 2.08. The fourth-order valence-corrected chi connectivity index (χ4v) is 2.49. The molecular weight excluding hydrogens is 236 g/mol. The standard InChI is InChI=1S/C11H14N4OS/c1-2-7-3-4-17-9(7)6-13-11(16)8-5-14-15-10(8)12/h3-5H,2,6H2,1H3,(H,13,16)(H3,12,14,15). The topological polar surface area (TPSA) is 83.8 Å². The van der Waals surface area contributed by atoms with Crippen LogP contribution in [0.2, 0.25) is 0 Å². The average Bonchev–Trinajstić information content (AvgIpc) is 2.94. The Hall–Kier alpha value is -1.82. The van der Waals surface area contributed by atoms with Crippen molar-refractivity contribution in [1.82, 2.24) is 15.5 Å². The van der Waals surface area contributed by atoms with Gasteiger partial charge in [-0.3, -0.25) is 9.89 Å². The van der Waals surface area contributed by atoms with E-state index in [0.717, 1.165) is 6.42 Å². The number of nitrogens with one attached hydrogen (secondary N) is 2. The molecule has 4 N–H and O–H groups in total. The SMILES string of the molecule is CCc1ccsc1CNC(=O)c1cn[nH]c1N. The van der Waals surface area contributed by atoms with Gasteiger partial charge in [-0.2, -0.15) is 5.10 Å². The number of amides is 1. The van der Waals surface area contributed by atoms with Crippen molar-refractivity contribution in [2.75, 3.05) is 5.73 Å². The lowest BCUT2D eigenvalue weighted by Gasteiger charge is -2.04. The maximum atomic E-state index is 11.8. The number of nitrogens with two attached hydrogens (primary N) is 1. The number of aromatic amines is 1. The van der Waals surface area contributed by atoms with E-state index < -0.39 is 0 Å². The van der Waals surface area contributed by atoms with Crippen molar-refractivity contribution in [1.29, 1.82) is 0 Å². The van der Waals surface area contributed by atoms with E-state index in [9.17, 15) is 4.79 Å². The molecule has 0 fully saturated rings. The predicted octanol–water partition coefficient (Wildman–Crippen LogP) is 1.55. The van der Waals surface area contributed by atoms with Gasteiger partial charge in [-0.25, -0.2) is 0 Å². The van der Waals surface area contributed by atoms with Crippen molar-refractivity contribution in [2.45, 2.75) is 19.9 Å². The number of hydrogen-bond donors (Lipinski definition) is 3. The smallest absolute Gasteiger partial charge is 0.256 e. The van der Waals surface area contributed by atoms with Crippen LogP contribution >= 0.6 is 11.3 Å². The van der Waals surface area contributed by atoms with Gasteiger partial charge >= 0.3 is 0 Å². The number of H-pyrrole nitrogens is 1. The second-order valence-corrected chi connectivity index (χ2v) is 4.60. The Morgan fingerprint density at radius 2 is 2.47 bits per heavy atom. The molecule has 17 heavy (non-hydrogen) atoms. The number of nitrogens with zero attached hydrogens (tertiary/aromatic N) is 1. The third-order valence-corrected chi connectivity index (χ3v) is 3.50. The number of anilines is 1. The van der Waals surface area contributed by atoms with Crippen LogP contribution in [0, 0.1) is 0 Å². The largest absolute Gasteiger partial charge is 0.383 e. The average molecular weight is 250 g/mol. The molecule has 0 saturated carbocycles. The lowest BCUT2D eigenvalue weighted by Crippen LogP contribution is -2.23. The summed E-state index contributed by atoms with van der Waals surface area (Å²) in [5.74, 6) is 0.0936. The maximum Gasteiger partial charge on any atom is 0.256 e. The summed E-state index contributed by atoms with van der Waals surface area (Å²) in [7, 11) is 0. The van der Waals surface area contributed by atoms with E-state index in [1.165, 1.54) is 16.6 Å². The zero-order chi connectivity index (χ0) is 12.3. The number of rotatable bonds is 4. The lowest BCUT2D eigenvalue weighted by molar-refractivity contribution is 0.0952. The molecule has 2 rings (SSSR count). The summed E-state index contributed by atoms with van der Waals surface area (Å²) in [4.78, 5) is 13.0. The molecule has 0 saturated heterocycles. The van der Waals surface area contributed by atoms with Gasteiger partial charge in [-0.05, 0) is 23.4 Å². The van der Waals surface area contributed by atoms with E-state index in [4.69, 9.17) is 5.73 Å². The van der Waals surface area contributed by atoms with E-state index in [-0.39, 0.29) is 5.91 Å². The first-order valence-electron chi connectivity index (χ1n) is 5.34. The lowest BCUT2D eigenvalue weighted by atomic mass is 10.2. The minimum absolute atomic E-state index is 0.202. The summed E-state index contributed by atoms with van der Waals surface area (Å²) in [6.07, 6.45) is 2.41. The highest BCUT2D eigenvalue weighted by atomic mass is 32.1. The van der Waals surface area contributed by atoms with Crippen molar-refractivity contribution >= 4 is 23.1 Å². The third kappa shape index (κ3) is 2.47. The zero-order valence-electron chi connectivity index (χ0n) is 9.49. The van der Waals surface area contributed by atoms with Crippen LogP contribution in [-0.2, 0) is 13.0 Å². The highest BCUT2D eigenvalue weighted by molar-refractivity contribution is 7.10. The minimum atomic E-state index is -0.202. The zero-order valence-corrected chi connectivity index (χ0v) is 10.3. The van der Waals surface area contributed by atoms with Crippen LogP contribution in [0.3, 0.4) is 0 Å². The molecule has 0 aliphatic rings. The van der Waals surface area contributed by atoms with Crippen LogP contribution in [0.1, 0.15) is 27.7 Å². The van der Waals surface area contributed by atoms with E-state index >= 15 is 0 Å². The molecule has 0 bridgehead atoms. The fraction of sp³-hybridized carbons (Fsp3) is 0.273. The Kier molecular flexibility index (Phi) is 3.43. The molecule has 5 nitrogen and oxygen atoms in total. The number of thiophene rings is 1. The molecule has 1 amide bonds. The second-order valence-electron chi connectivity index (χ2n) is 3.60. The molecule has 6 heteroatoms. The van der Waals surface area contributed by atoms with E-state index in [1.54, 1.807) is 11.3 Å². The van der Waals surface area contributed by atoms with Gasteiger partial charge in [0.25, 0.3) is 5.91 Å². The molecular formula is C11H14N4OS. The molecule has 0 spiro atoms. The fourth-order valence-electron chi connectivity index (χ4n) is 1.57. The van der Waals surface area contributed by atoms with Gasteiger partial charge in [-0.15, -0.1) is 11.3 Å². The first kappa shape index (κ1) is 11.7. The molecule has 2 heterocycles. The van der Waals surface area contributed by atoms with Gasteiger partial charge in [0.05, 0.1) is 12.7 Å². The summed E-state index contributed by atoms with van der Waals surface area (Å²) in [5.41, 5.74) is 7.23. The van der Waals surface area contributed by atoms with Crippen molar-refractivity contribution in [3.05, 3.63) is 33.6 Å². The normalized spacial score (nSPS) is 10.4. The van der Waals surface area contributed by atoms with Gasteiger partial charge in [0.15, 0.2) is 0 Å². The molecule has 2 aromatic heterocycles. The number of aryl methyl sites for hydroxylation is 1. The molecule has 2 aromatic rings. The van der Waals surface area contributed by atoms with Gasteiger partial charge in [-0.1, -0.05) is 6.92 Å². The Morgan fingerprint density at radius 3 is 3.12 bits per heavy atom. The van der Waals surface area contributed by atoms with Crippen LogP contribution in [-0.4, -0.2) is 16.1 Å². The van der Waals surface area contributed by atoms with Crippen molar-refractivity contribution < 1.29 is 4.79 Å². The number of aromatic nitrogens is 2. The Balaban J connectivity index is 1.99. The number of nitrogen functional groups attached to an aromatic ring is 1. The second kappa shape index (κ2) is 5.01. The van der Waals surface area contributed by atoms with Crippen LogP contribution < -0.4 is 11.1 Å². The molecule has 0 unspecified atom stereocenters.